The number of likely N-dealkylation sites (tertiary alicyclic amines) is 1. The van der Waals surface area contributed by atoms with Crippen LogP contribution in [0.2, 0.25) is 0 Å². The minimum Gasteiger partial charge on any atom is -0.357 e. The van der Waals surface area contributed by atoms with Gasteiger partial charge in [0.25, 0.3) is 0 Å². The number of hydrogen-bond acceptors (Lipinski definition) is 2. The minimum atomic E-state index is -0.208. The molecule has 0 aliphatic carbocycles. The number of carbonyl (C=O) groups is 1. The summed E-state index contributed by atoms with van der Waals surface area (Å²) in [5.74, 6) is 0.448. The lowest BCUT2D eigenvalue weighted by Crippen LogP contribution is -2.38. The summed E-state index contributed by atoms with van der Waals surface area (Å²) in [6, 6.07) is 12.9. The molecule has 0 spiro atoms. The number of guanidine groups is 1. The van der Waals surface area contributed by atoms with Crippen molar-refractivity contribution in [3.8, 4) is 0 Å². The lowest BCUT2D eigenvalue weighted by atomic mass is 10.1. The Bertz CT molecular complexity index is 924. The Morgan fingerprint density at radius 3 is 2.68 bits per heavy atom. The molecule has 2 aromatic carbocycles. The molecular weight excluding hydrogens is 393 g/mol. The number of aryl methyl sites for hydroxylation is 1. The van der Waals surface area contributed by atoms with Crippen molar-refractivity contribution in [1.29, 1.82) is 0 Å². The lowest BCUT2D eigenvalue weighted by Gasteiger charge is -2.19. The number of benzene rings is 2. The van der Waals surface area contributed by atoms with E-state index in [9.17, 15) is 9.18 Å². The highest BCUT2D eigenvalue weighted by Crippen LogP contribution is 2.17. The number of nitrogens with zero attached hydrogens (tertiary/aromatic N) is 2. The zero-order valence-electron chi connectivity index (χ0n) is 18.5. The largest absolute Gasteiger partial charge is 0.357 e. The third kappa shape index (κ3) is 6.44. The number of urea groups is 1. The van der Waals surface area contributed by atoms with E-state index in [0.717, 1.165) is 42.7 Å². The normalized spacial score (nSPS) is 15.0. The molecule has 31 heavy (non-hydrogen) atoms. The second-order valence-corrected chi connectivity index (χ2v) is 7.89. The summed E-state index contributed by atoms with van der Waals surface area (Å²) in [5, 5.41) is 9.54. The van der Waals surface area contributed by atoms with E-state index in [0.29, 0.717) is 24.6 Å². The molecule has 0 aromatic heterocycles. The monoisotopic (exact) mass is 425 g/mol. The Morgan fingerprint density at radius 1 is 1.19 bits per heavy atom. The first-order chi connectivity index (χ1) is 15.0. The molecule has 6 nitrogen and oxygen atoms in total. The second-order valence-electron chi connectivity index (χ2n) is 7.89. The fourth-order valence-corrected chi connectivity index (χ4v) is 3.53. The van der Waals surface area contributed by atoms with Gasteiger partial charge in [0, 0.05) is 25.3 Å². The van der Waals surface area contributed by atoms with E-state index in [1.807, 2.05) is 49.1 Å². The molecule has 1 heterocycles. The summed E-state index contributed by atoms with van der Waals surface area (Å²) >= 11 is 0. The summed E-state index contributed by atoms with van der Waals surface area (Å²) < 4.78 is 13.9. The zero-order valence-corrected chi connectivity index (χ0v) is 18.5. The molecule has 1 saturated heterocycles. The molecule has 1 aliphatic heterocycles. The molecule has 3 rings (SSSR count). The van der Waals surface area contributed by atoms with Gasteiger partial charge in [0.05, 0.1) is 12.6 Å². The van der Waals surface area contributed by atoms with Crippen molar-refractivity contribution in [3.05, 3.63) is 65.0 Å². The van der Waals surface area contributed by atoms with Crippen molar-refractivity contribution in [2.75, 3.05) is 25.0 Å². The van der Waals surface area contributed by atoms with Crippen LogP contribution in [-0.4, -0.2) is 36.5 Å². The predicted octanol–water partition coefficient (Wildman–Crippen LogP) is 4.58. The van der Waals surface area contributed by atoms with E-state index >= 15 is 0 Å². The number of nitrogens with one attached hydrogen (secondary N) is 3. The smallest absolute Gasteiger partial charge is 0.321 e. The standard InChI is InChI=1S/C24H32FN5O/c1-4-26-23(28-18(3)20-11-10-17(2)22(25)15-20)27-16-19-8-7-9-21(14-19)29-24(31)30-12-5-6-13-30/h7-11,14-15,18H,4-6,12-13,16H2,1-3H3,(H,29,31)(H2,26,27,28). The third-order valence-electron chi connectivity index (χ3n) is 5.38. The molecule has 0 radical (unpaired) electrons. The van der Waals surface area contributed by atoms with Crippen LogP contribution < -0.4 is 16.0 Å². The Kier molecular flexibility index (Phi) is 7.87. The van der Waals surface area contributed by atoms with Gasteiger partial charge in [0.15, 0.2) is 5.96 Å². The average Bonchev–Trinajstić information content (AvgIpc) is 3.29. The van der Waals surface area contributed by atoms with Gasteiger partial charge in [-0.25, -0.2) is 14.2 Å². The predicted molar refractivity (Wildman–Crippen MR) is 124 cm³/mol. The topological polar surface area (TPSA) is 68.8 Å². The Morgan fingerprint density at radius 2 is 1.97 bits per heavy atom. The highest BCUT2D eigenvalue weighted by atomic mass is 19.1. The van der Waals surface area contributed by atoms with Gasteiger partial charge in [0.1, 0.15) is 5.82 Å². The van der Waals surface area contributed by atoms with Gasteiger partial charge in [-0.3, -0.25) is 0 Å². The number of rotatable bonds is 6. The Hall–Kier alpha value is -3.09. The molecule has 0 saturated carbocycles. The van der Waals surface area contributed by atoms with Crippen molar-refractivity contribution in [2.24, 2.45) is 4.99 Å². The number of amides is 2. The maximum Gasteiger partial charge on any atom is 0.321 e. The summed E-state index contributed by atoms with van der Waals surface area (Å²) in [7, 11) is 0. The zero-order chi connectivity index (χ0) is 22.2. The van der Waals surface area contributed by atoms with Gasteiger partial charge in [-0.05, 0) is 68.5 Å². The number of aliphatic imine (C=N–C) groups is 1. The van der Waals surface area contributed by atoms with Gasteiger partial charge < -0.3 is 20.9 Å². The van der Waals surface area contributed by atoms with Crippen LogP contribution in [0.3, 0.4) is 0 Å². The first-order valence-electron chi connectivity index (χ1n) is 10.9. The molecule has 1 fully saturated rings. The van der Waals surface area contributed by atoms with Crippen molar-refractivity contribution in [3.63, 3.8) is 0 Å². The van der Waals surface area contributed by atoms with Gasteiger partial charge in [-0.15, -0.1) is 0 Å². The maximum absolute atomic E-state index is 13.9. The molecule has 2 amide bonds. The molecule has 166 valence electrons. The van der Waals surface area contributed by atoms with Crippen LogP contribution in [-0.2, 0) is 6.54 Å². The summed E-state index contributed by atoms with van der Waals surface area (Å²) in [6.45, 7) is 8.54. The molecule has 7 heteroatoms. The van der Waals surface area contributed by atoms with E-state index in [2.05, 4.69) is 20.9 Å². The van der Waals surface area contributed by atoms with E-state index in [1.165, 1.54) is 0 Å². The highest BCUT2D eigenvalue weighted by Gasteiger charge is 2.17. The number of halogens is 1. The van der Waals surface area contributed by atoms with Crippen molar-refractivity contribution >= 4 is 17.7 Å². The lowest BCUT2D eigenvalue weighted by molar-refractivity contribution is 0.222. The third-order valence-corrected chi connectivity index (χ3v) is 5.38. The average molecular weight is 426 g/mol. The van der Waals surface area contributed by atoms with Crippen LogP contribution in [0.25, 0.3) is 0 Å². The van der Waals surface area contributed by atoms with Crippen molar-refractivity contribution in [2.45, 2.75) is 46.2 Å². The fourth-order valence-electron chi connectivity index (χ4n) is 3.53. The summed E-state index contributed by atoms with van der Waals surface area (Å²) in [4.78, 5) is 18.8. The molecule has 1 aliphatic rings. The van der Waals surface area contributed by atoms with E-state index in [-0.39, 0.29) is 17.9 Å². The van der Waals surface area contributed by atoms with Crippen LogP contribution in [0.5, 0.6) is 0 Å². The Balaban J connectivity index is 1.64. The van der Waals surface area contributed by atoms with Crippen LogP contribution in [0.4, 0.5) is 14.9 Å². The van der Waals surface area contributed by atoms with Crippen LogP contribution in [0, 0.1) is 12.7 Å². The maximum atomic E-state index is 13.9. The second kappa shape index (κ2) is 10.8. The van der Waals surface area contributed by atoms with Crippen LogP contribution in [0.15, 0.2) is 47.5 Å². The summed E-state index contributed by atoms with van der Waals surface area (Å²) in [6.07, 6.45) is 2.13. The molecule has 1 atom stereocenters. The SMILES string of the molecule is CCNC(=NCc1cccc(NC(=O)N2CCCC2)c1)NC(C)c1ccc(C)c(F)c1. The van der Waals surface area contributed by atoms with Crippen LogP contribution >= 0.6 is 0 Å². The minimum absolute atomic E-state index is 0.0488. The molecule has 2 aromatic rings. The molecular formula is C24H32FN5O. The van der Waals surface area contributed by atoms with E-state index in [4.69, 9.17) is 0 Å². The van der Waals surface area contributed by atoms with E-state index in [1.54, 1.807) is 19.1 Å². The number of carbonyl (C=O) groups excluding carboxylic acids is 1. The summed E-state index contributed by atoms with van der Waals surface area (Å²) in [5.41, 5.74) is 3.25. The van der Waals surface area contributed by atoms with Gasteiger partial charge in [0.2, 0.25) is 0 Å². The van der Waals surface area contributed by atoms with E-state index < -0.39 is 0 Å². The number of anilines is 1. The van der Waals surface area contributed by atoms with Gasteiger partial charge in [-0.2, -0.15) is 0 Å². The highest BCUT2D eigenvalue weighted by molar-refractivity contribution is 5.89. The fraction of sp³-hybridized carbons (Fsp3) is 0.417. The molecule has 0 bridgehead atoms. The first-order valence-corrected chi connectivity index (χ1v) is 10.9. The van der Waals surface area contributed by atoms with Gasteiger partial charge in [-0.1, -0.05) is 24.3 Å². The van der Waals surface area contributed by atoms with Crippen LogP contribution in [0.1, 0.15) is 49.4 Å². The number of hydrogen-bond donors (Lipinski definition) is 3. The van der Waals surface area contributed by atoms with Crippen molar-refractivity contribution < 1.29 is 9.18 Å². The molecule has 3 N–H and O–H groups in total. The van der Waals surface area contributed by atoms with Gasteiger partial charge >= 0.3 is 6.03 Å². The van der Waals surface area contributed by atoms with Crippen molar-refractivity contribution in [1.82, 2.24) is 15.5 Å². The Labute approximate surface area is 183 Å². The molecule has 1 unspecified atom stereocenters. The quantitative estimate of drug-likeness (QED) is 0.469. The first kappa shape index (κ1) is 22.6.